The van der Waals surface area contributed by atoms with Crippen LogP contribution in [0.5, 0.6) is 0 Å². The highest BCUT2D eigenvalue weighted by Gasteiger charge is 2.21. The molecule has 1 aromatic heterocycles. The van der Waals surface area contributed by atoms with Gasteiger partial charge in [-0.05, 0) is 30.0 Å². The van der Waals surface area contributed by atoms with E-state index in [0.29, 0.717) is 11.0 Å². The summed E-state index contributed by atoms with van der Waals surface area (Å²) in [5, 5.41) is 16.2. The van der Waals surface area contributed by atoms with Crippen molar-refractivity contribution in [2.45, 2.75) is 26.2 Å². The van der Waals surface area contributed by atoms with Crippen LogP contribution in [-0.2, 0) is 0 Å². The number of nitro benzene ring substituents is 1. The zero-order valence-electron chi connectivity index (χ0n) is 15.3. The standard InChI is InChI=1S/C20H18ClN3O3S/c1-3-12(2)13-4-6-14(7-5-13)17-11-28-20(22-17)23-19(25)16-9-8-15(21)10-18(16)24(26)27/h4-12H,3H2,1-2H3,(H,22,23,25)/t12-/m0/s1. The fourth-order valence-electron chi connectivity index (χ4n) is 2.69. The number of halogens is 1. The lowest BCUT2D eigenvalue weighted by Gasteiger charge is -2.08. The average molecular weight is 416 g/mol. The number of benzene rings is 2. The lowest BCUT2D eigenvalue weighted by Crippen LogP contribution is -2.13. The molecule has 1 amide bonds. The maximum absolute atomic E-state index is 12.5. The highest BCUT2D eigenvalue weighted by atomic mass is 35.5. The molecule has 1 N–H and O–H groups in total. The van der Waals surface area contributed by atoms with Gasteiger partial charge in [-0.1, -0.05) is 49.7 Å². The SMILES string of the molecule is CC[C@H](C)c1ccc(-c2csc(NC(=O)c3ccc(Cl)cc3[N+](=O)[O-])n2)cc1. The number of nitro groups is 1. The highest BCUT2D eigenvalue weighted by Crippen LogP contribution is 2.29. The molecule has 2 aromatic carbocycles. The number of thiazole rings is 1. The predicted octanol–water partition coefficient (Wildman–Crippen LogP) is 6.14. The number of amides is 1. The van der Waals surface area contributed by atoms with Gasteiger partial charge in [-0.3, -0.25) is 20.2 Å². The highest BCUT2D eigenvalue weighted by molar-refractivity contribution is 7.14. The smallest absolute Gasteiger partial charge is 0.283 e. The second-order valence-electron chi connectivity index (χ2n) is 6.34. The Morgan fingerprint density at radius 1 is 1.29 bits per heavy atom. The van der Waals surface area contributed by atoms with Gasteiger partial charge in [0.25, 0.3) is 11.6 Å². The van der Waals surface area contributed by atoms with Crippen LogP contribution in [0.25, 0.3) is 11.3 Å². The quantitative estimate of drug-likeness (QED) is 0.387. The van der Waals surface area contributed by atoms with Crippen molar-refractivity contribution >= 4 is 39.7 Å². The van der Waals surface area contributed by atoms with Gasteiger partial charge in [-0.2, -0.15) is 0 Å². The number of carbonyl (C=O) groups is 1. The molecule has 0 fully saturated rings. The van der Waals surface area contributed by atoms with Crippen molar-refractivity contribution in [3.8, 4) is 11.3 Å². The van der Waals surface area contributed by atoms with Gasteiger partial charge >= 0.3 is 0 Å². The third-order valence-corrected chi connectivity index (χ3v) is 5.51. The molecule has 0 unspecified atom stereocenters. The second-order valence-corrected chi connectivity index (χ2v) is 7.64. The van der Waals surface area contributed by atoms with Crippen LogP contribution in [0.4, 0.5) is 10.8 Å². The molecule has 3 aromatic rings. The van der Waals surface area contributed by atoms with Gasteiger partial charge in [-0.15, -0.1) is 11.3 Å². The van der Waals surface area contributed by atoms with E-state index in [4.69, 9.17) is 11.6 Å². The average Bonchev–Trinajstić information content (AvgIpc) is 3.15. The molecule has 0 spiro atoms. The number of hydrogen-bond donors (Lipinski definition) is 1. The summed E-state index contributed by atoms with van der Waals surface area (Å²) in [5.74, 6) is -0.106. The van der Waals surface area contributed by atoms with E-state index in [9.17, 15) is 14.9 Å². The van der Waals surface area contributed by atoms with E-state index in [-0.39, 0.29) is 16.3 Å². The molecule has 0 radical (unpaired) electrons. The minimum Gasteiger partial charge on any atom is -0.298 e. The molecule has 0 aliphatic carbocycles. The zero-order valence-corrected chi connectivity index (χ0v) is 16.9. The van der Waals surface area contributed by atoms with Crippen LogP contribution in [0.1, 0.15) is 42.1 Å². The molecule has 0 saturated carbocycles. The molecule has 0 bridgehead atoms. The Bertz CT molecular complexity index is 1020. The first-order chi connectivity index (χ1) is 13.4. The summed E-state index contributed by atoms with van der Waals surface area (Å²) in [6.45, 7) is 4.33. The lowest BCUT2D eigenvalue weighted by molar-refractivity contribution is -0.385. The molecule has 1 atom stereocenters. The molecular weight excluding hydrogens is 398 g/mol. The van der Waals surface area contributed by atoms with Crippen molar-refractivity contribution in [2.75, 3.05) is 5.32 Å². The number of anilines is 1. The fraction of sp³-hybridized carbons (Fsp3) is 0.200. The van der Waals surface area contributed by atoms with Gasteiger partial charge in [-0.25, -0.2) is 4.98 Å². The lowest BCUT2D eigenvalue weighted by atomic mass is 9.97. The van der Waals surface area contributed by atoms with Gasteiger partial charge < -0.3 is 0 Å². The van der Waals surface area contributed by atoms with Crippen molar-refractivity contribution in [3.63, 3.8) is 0 Å². The molecule has 0 saturated heterocycles. The van der Waals surface area contributed by atoms with Crippen molar-refractivity contribution in [2.24, 2.45) is 0 Å². The molecule has 0 aliphatic rings. The van der Waals surface area contributed by atoms with E-state index >= 15 is 0 Å². The fourth-order valence-corrected chi connectivity index (χ4v) is 3.58. The normalized spacial score (nSPS) is 11.8. The summed E-state index contributed by atoms with van der Waals surface area (Å²) in [5.41, 5.74) is 2.54. The number of nitrogens with zero attached hydrogens (tertiary/aromatic N) is 2. The molecular formula is C20H18ClN3O3S. The monoisotopic (exact) mass is 415 g/mol. The number of carbonyl (C=O) groups excluding carboxylic acids is 1. The summed E-state index contributed by atoms with van der Waals surface area (Å²) in [6.07, 6.45) is 1.07. The van der Waals surface area contributed by atoms with E-state index in [0.717, 1.165) is 23.7 Å². The maximum Gasteiger partial charge on any atom is 0.283 e. The van der Waals surface area contributed by atoms with Gasteiger partial charge in [0, 0.05) is 22.0 Å². The largest absolute Gasteiger partial charge is 0.298 e. The Morgan fingerprint density at radius 3 is 2.64 bits per heavy atom. The summed E-state index contributed by atoms with van der Waals surface area (Å²) in [4.78, 5) is 27.4. The van der Waals surface area contributed by atoms with E-state index in [1.54, 1.807) is 0 Å². The van der Waals surface area contributed by atoms with Crippen LogP contribution in [0.15, 0.2) is 47.8 Å². The summed E-state index contributed by atoms with van der Waals surface area (Å²) in [7, 11) is 0. The second kappa shape index (κ2) is 8.50. The van der Waals surface area contributed by atoms with E-state index in [1.165, 1.54) is 29.0 Å². The first kappa shape index (κ1) is 20.0. The van der Waals surface area contributed by atoms with Crippen LogP contribution in [0, 0.1) is 10.1 Å². The molecule has 144 valence electrons. The van der Waals surface area contributed by atoms with Crippen LogP contribution in [0.3, 0.4) is 0 Å². The Balaban J connectivity index is 1.78. The third-order valence-electron chi connectivity index (χ3n) is 4.51. The Morgan fingerprint density at radius 2 is 2.00 bits per heavy atom. The predicted molar refractivity (Wildman–Crippen MR) is 112 cm³/mol. The minimum absolute atomic E-state index is 0.0657. The van der Waals surface area contributed by atoms with Crippen molar-refractivity contribution in [3.05, 3.63) is 74.1 Å². The Kier molecular flexibility index (Phi) is 6.06. The van der Waals surface area contributed by atoms with Crippen molar-refractivity contribution < 1.29 is 9.72 Å². The van der Waals surface area contributed by atoms with E-state index in [1.807, 2.05) is 17.5 Å². The maximum atomic E-state index is 12.5. The third kappa shape index (κ3) is 4.37. The zero-order chi connectivity index (χ0) is 20.3. The number of rotatable bonds is 6. The molecule has 1 heterocycles. The van der Waals surface area contributed by atoms with Gasteiger partial charge in [0.15, 0.2) is 5.13 Å². The molecule has 28 heavy (non-hydrogen) atoms. The number of nitrogens with one attached hydrogen (secondary N) is 1. The molecule has 0 aliphatic heterocycles. The topological polar surface area (TPSA) is 85.1 Å². The van der Waals surface area contributed by atoms with E-state index in [2.05, 4.69) is 36.3 Å². The van der Waals surface area contributed by atoms with Crippen LogP contribution in [0.2, 0.25) is 5.02 Å². The summed E-state index contributed by atoms with van der Waals surface area (Å²) < 4.78 is 0. The van der Waals surface area contributed by atoms with E-state index < -0.39 is 10.8 Å². The van der Waals surface area contributed by atoms with Gasteiger partial charge in [0.1, 0.15) is 5.56 Å². The summed E-state index contributed by atoms with van der Waals surface area (Å²) in [6, 6.07) is 12.1. The van der Waals surface area contributed by atoms with Gasteiger partial charge in [0.05, 0.1) is 10.6 Å². The Hall–Kier alpha value is -2.77. The molecule has 6 nitrogen and oxygen atoms in total. The van der Waals surface area contributed by atoms with Crippen LogP contribution < -0.4 is 5.32 Å². The number of aromatic nitrogens is 1. The van der Waals surface area contributed by atoms with Crippen molar-refractivity contribution in [1.82, 2.24) is 4.98 Å². The summed E-state index contributed by atoms with van der Waals surface area (Å²) >= 11 is 7.05. The Labute approximate surface area is 171 Å². The van der Waals surface area contributed by atoms with Crippen molar-refractivity contribution in [1.29, 1.82) is 0 Å². The first-order valence-corrected chi connectivity index (χ1v) is 9.96. The molecule has 8 heteroatoms. The van der Waals surface area contributed by atoms with Gasteiger partial charge in [0.2, 0.25) is 0 Å². The first-order valence-electron chi connectivity index (χ1n) is 8.70. The number of hydrogen-bond acceptors (Lipinski definition) is 5. The minimum atomic E-state index is -0.632. The molecule has 3 rings (SSSR count). The van der Waals surface area contributed by atoms with Crippen LogP contribution in [-0.4, -0.2) is 15.8 Å². The van der Waals surface area contributed by atoms with Crippen LogP contribution >= 0.6 is 22.9 Å².